The van der Waals surface area contributed by atoms with Gasteiger partial charge in [-0.3, -0.25) is 4.79 Å². The fourth-order valence-corrected chi connectivity index (χ4v) is 4.44. The highest BCUT2D eigenvalue weighted by atomic mass is 32.2. The predicted octanol–water partition coefficient (Wildman–Crippen LogP) is 3.43. The van der Waals surface area contributed by atoms with Crippen molar-refractivity contribution in [3.8, 4) is 0 Å². The summed E-state index contributed by atoms with van der Waals surface area (Å²) in [5, 5.41) is -0.467. The van der Waals surface area contributed by atoms with Crippen LogP contribution in [-0.2, 0) is 20.6 Å². The van der Waals surface area contributed by atoms with Gasteiger partial charge in [0.05, 0.1) is 10.1 Å². The molecule has 24 heavy (non-hydrogen) atoms. The van der Waals surface area contributed by atoms with Gasteiger partial charge >= 0.3 is 0 Å². The number of thioether (sulfide) groups is 1. The number of amides is 1. The maximum atomic E-state index is 12.4. The average molecular weight is 364 g/mol. The molecule has 6 heteroatoms. The molecule has 0 aliphatic rings. The van der Waals surface area contributed by atoms with Crippen LogP contribution in [0.2, 0.25) is 0 Å². The highest BCUT2D eigenvalue weighted by Crippen LogP contribution is 2.20. The summed E-state index contributed by atoms with van der Waals surface area (Å²) in [6.45, 7) is 5.32. The Morgan fingerprint density at radius 3 is 2.42 bits per heavy atom. The summed E-state index contributed by atoms with van der Waals surface area (Å²) >= 11 is 1.40. The molecule has 0 aliphatic heterocycles. The summed E-state index contributed by atoms with van der Waals surface area (Å²) in [7, 11) is -3.85. The van der Waals surface area contributed by atoms with E-state index in [2.05, 4.69) is 4.72 Å². The van der Waals surface area contributed by atoms with Crippen molar-refractivity contribution in [2.24, 2.45) is 0 Å². The van der Waals surface area contributed by atoms with E-state index in [1.807, 2.05) is 37.3 Å². The zero-order chi connectivity index (χ0) is 17.7. The van der Waals surface area contributed by atoms with Crippen molar-refractivity contribution >= 4 is 27.7 Å². The molecule has 4 nitrogen and oxygen atoms in total. The summed E-state index contributed by atoms with van der Waals surface area (Å²) in [5.41, 5.74) is 2.70. The topological polar surface area (TPSA) is 63.2 Å². The summed E-state index contributed by atoms with van der Waals surface area (Å²) in [5.74, 6) is 0.148. The number of rotatable bonds is 6. The molecule has 0 heterocycles. The van der Waals surface area contributed by atoms with E-state index in [0.29, 0.717) is 11.3 Å². The predicted molar refractivity (Wildman–Crippen MR) is 98.4 cm³/mol. The number of aryl methyl sites for hydroxylation is 2. The molecule has 0 aromatic heterocycles. The molecule has 0 aliphatic carbocycles. The molecule has 0 saturated carbocycles. The van der Waals surface area contributed by atoms with Crippen LogP contribution in [-0.4, -0.2) is 19.6 Å². The fraction of sp³-hybridized carbons (Fsp3) is 0.278. The Morgan fingerprint density at radius 2 is 1.79 bits per heavy atom. The minimum Gasteiger partial charge on any atom is -0.273 e. The molecule has 1 unspecified atom stereocenters. The number of nitrogens with one attached hydrogen (secondary N) is 1. The van der Waals surface area contributed by atoms with Gasteiger partial charge in [-0.2, -0.15) is 0 Å². The summed E-state index contributed by atoms with van der Waals surface area (Å²) in [4.78, 5) is 12.4. The lowest BCUT2D eigenvalue weighted by Gasteiger charge is -2.14. The third kappa shape index (κ3) is 4.85. The van der Waals surface area contributed by atoms with Gasteiger partial charge in [0.25, 0.3) is 10.0 Å². The average Bonchev–Trinajstić information content (AvgIpc) is 2.52. The molecule has 0 fully saturated rings. The van der Waals surface area contributed by atoms with Crippen molar-refractivity contribution in [2.75, 3.05) is 0 Å². The number of hydrogen-bond acceptors (Lipinski definition) is 4. The molecule has 2 aromatic rings. The second-order valence-electron chi connectivity index (χ2n) is 5.68. The minimum atomic E-state index is -3.85. The van der Waals surface area contributed by atoms with E-state index >= 15 is 0 Å². The van der Waals surface area contributed by atoms with Crippen LogP contribution in [0.25, 0.3) is 0 Å². The Morgan fingerprint density at radius 1 is 1.12 bits per heavy atom. The molecule has 0 spiro atoms. The first kappa shape index (κ1) is 18.5. The largest absolute Gasteiger partial charge is 0.273 e. The number of sulfonamides is 1. The van der Waals surface area contributed by atoms with Crippen LogP contribution in [0.15, 0.2) is 53.4 Å². The molecule has 0 saturated heterocycles. The lowest BCUT2D eigenvalue weighted by Crippen LogP contribution is -2.36. The zero-order valence-electron chi connectivity index (χ0n) is 13.9. The summed E-state index contributed by atoms with van der Waals surface area (Å²) in [6.07, 6.45) is 0. The van der Waals surface area contributed by atoms with Crippen molar-refractivity contribution < 1.29 is 13.2 Å². The first-order chi connectivity index (χ1) is 11.3. The minimum absolute atomic E-state index is 0.140. The molecule has 1 N–H and O–H groups in total. The van der Waals surface area contributed by atoms with Crippen LogP contribution < -0.4 is 4.72 Å². The quantitative estimate of drug-likeness (QED) is 0.854. The molecule has 1 amide bonds. The number of carbonyl (C=O) groups is 1. The van der Waals surface area contributed by atoms with E-state index in [4.69, 9.17) is 0 Å². The maximum absolute atomic E-state index is 12.4. The molecule has 2 rings (SSSR count). The fourth-order valence-electron chi connectivity index (χ4n) is 2.24. The zero-order valence-corrected chi connectivity index (χ0v) is 15.6. The van der Waals surface area contributed by atoms with Gasteiger partial charge in [-0.15, -0.1) is 11.8 Å². The summed E-state index contributed by atoms with van der Waals surface area (Å²) in [6, 6.07) is 14.8. The van der Waals surface area contributed by atoms with Crippen molar-refractivity contribution in [3.05, 3.63) is 65.2 Å². The highest BCUT2D eigenvalue weighted by molar-refractivity contribution is 8.00. The monoisotopic (exact) mass is 363 g/mol. The third-order valence-corrected chi connectivity index (χ3v) is 6.29. The van der Waals surface area contributed by atoms with Crippen LogP contribution in [0.5, 0.6) is 0 Å². The number of hydrogen-bond donors (Lipinski definition) is 1. The van der Waals surface area contributed by atoms with Crippen LogP contribution in [0.1, 0.15) is 23.6 Å². The molecule has 128 valence electrons. The highest BCUT2D eigenvalue weighted by Gasteiger charge is 2.23. The van der Waals surface area contributed by atoms with Gasteiger partial charge < -0.3 is 0 Å². The smallest absolute Gasteiger partial charge is 0.264 e. The van der Waals surface area contributed by atoms with Crippen LogP contribution in [0.4, 0.5) is 0 Å². The molecular weight excluding hydrogens is 342 g/mol. The van der Waals surface area contributed by atoms with Gasteiger partial charge in [0.1, 0.15) is 0 Å². The van der Waals surface area contributed by atoms with Crippen molar-refractivity contribution in [3.63, 3.8) is 0 Å². The number of carbonyl (C=O) groups excluding carboxylic acids is 1. The van der Waals surface area contributed by atoms with Gasteiger partial charge in [-0.05, 0) is 38.0 Å². The van der Waals surface area contributed by atoms with Crippen LogP contribution in [0.3, 0.4) is 0 Å². The Balaban J connectivity index is 2.02. The SMILES string of the molecule is Cc1ccc(S(=O)(=O)NC(=O)C(C)SCc2ccccc2)c(C)c1. The van der Waals surface area contributed by atoms with Crippen molar-refractivity contribution in [1.29, 1.82) is 0 Å². The van der Waals surface area contributed by atoms with Crippen LogP contribution >= 0.6 is 11.8 Å². The van der Waals surface area contributed by atoms with E-state index < -0.39 is 21.2 Å². The van der Waals surface area contributed by atoms with E-state index in [0.717, 1.165) is 11.1 Å². The van der Waals surface area contributed by atoms with E-state index in [1.165, 1.54) is 17.8 Å². The van der Waals surface area contributed by atoms with Crippen molar-refractivity contribution in [1.82, 2.24) is 4.72 Å². The second-order valence-corrected chi connectivity index (χ2v) is 8.66. The second kappa shape index (κ2) is 7.85. The normalized spacial score (nSPS) is 12.6. The molecule has 1 atom stereocenters. The molecule has 0 bridgehead atoms. The van der Waals surface area contributed by atoms with E-state index in [1.54, 1.807) is 26.0 Å². The Labute approximate surface area is 147 Å². The van der Waals surface area contributed by atoms with Crippen molar-refractivity contribution in [2.45, 2.75) is 36.7 Å². The Kier molecular flexibility index (Phi) is 6.07. The van der Waals surface area contributed by atoms with Crippen LogP contribution in [0, 0.1) is 13.8 Å². The number of benzene rings is 2. The molecule has 2 aromatic carbocycles. The maximum Gasteiger partial charge on any atom is 0.264 e. The Hall–Kier alpha value is -1.79. The van der Waals surface area contributed by atoms with E-state index in [-0.39, 0.29) is 4.90 Å². The molecular formula is C18H21NO3S2. The molecule has 0 radical (unpaired) electrons. The third-order valence-electron chi connectivity index (χ3n) is 3.57. The van der Waals surface area contributed by atoms with Gasteiger partial charge in [-0.25, -0.2) is 13.1 Å². The van der Waals surface area contributed by atoms with Gasteiger partial charge in [0.2, 0.25) is 5.91 Å². The van der Waals surface area contributed by atoms with Gasteiger partial charge in [0.15, 0.2) is 0 Å². The lowest BCUT2D eigenvalue weighted by atomic mass is 10.2. The lowest BCUT2D eigenvalue weighted by molar-refractivity contribution is -0.118. The standard InChI is InChI=1S/C18H21NO3S2/c1-13-9-10-17(14(2)11-13)24(21,22)19-18(20)15(3)23-12-16-7-5-4-6-8-16/h4-11,15H,12H2,1-3H3,(H,19,20). The van der Waals surface area contributed by atoms with E-state index in [9.17, 15) is 13.2 Å². The van der Waals surface area contributed by atoms with Gasteiger partial charge in [0, 0.05) is 5.75 Å². The summed E-state index contributed by atoms with van der Waals surface area (Å²) < 4.78 is 27.0. The Bertz CT molecular complexity index is 817. The first-order valence-electron chi connectivity index (χ1n) is 7.59. The van der Waals surface area contributed by atoms with Gasteiger partial charge in [-0.1, -0.05) is 48.0 Å². The first-order valence-corrected chi connectivity index (χ1v) is 10.1.